The van der Waals surface area contributed by atoms with Crippen LogP contribution in [0.4, 0.5) is 23.3 Å². The lowest BCUT2D eigenvalue weighted by Gasteiger charge is -2.19. The molecule has 11 heteroatoms. The minimum atomic E-state index is 0.610. The van der Waals surface area contributed by atoms with Crippen LogP contribution in [0.5, 0.6) is 0 Å². The molecular weight excluding hydrogens is 1750 g/mol. The number of aromatic nitrogens is 3. The van der Waals surface area contributed by atoms with Crippen LogP contribution in [-0.4, -0.2) is 49.5 Å². The molecular formula is C124H223N5S6. The number of nitrogens with one attached hydrogen (secondary N) is 2. The third kappa shape index (κ3) is 75.7. The molecule has 0 fully saturated rings. The molecule has 5 nitrogen and oxygen atoms in total. The molecule has 4 aromatic rings. The van der Waals surface area contributed by atoms with E-state index in [2.05, 4.69) is 178 Å². The van der Waals surface area contributed by atoms with Gasteiger partial charge in [0.15, 0.2) is 5.82 Å². The van der Waals surface area contributed by atoms with Gasteiger partial charge in [-0.15, -0.1) is 70.6 Å². The third-order valence-electron chi connectivity index (χ3n) is 28.5. The summed E-state index contributed by atoms with van der Waals surface area (Å²) in [5.41, 5.74) is 4.46. The fraction of sp³-hybridized carbons (Fsp3) is 0.831. The van der Waals surface area contributed by atoms with Crippen molar-refractivity contribution in [3.8, 4) is 11.4 Å². The molecule has 3 aromatic carbocycles. The van der Waals surface area contributed by atoms with Crippen LogP contribution in [0.2, 0.25) is 0 Å². The van der Waals surface area contributed by atoms with Crippen molar-refractivity contribution < 1.29 is 0 Å². The average molecular weight is 1980 g/mol. The van der Waals surface area contributed by atoms with Gasteiger partial charge in [0, 0.05) is 46.3 Å². The zero-order valence-corrected chi connectivity index (χ0v) is 95.7. The van der Waals surface area contributed by atoms with Crippen LogP contribution in [0.3, 0.4) is 0 Å². The highest BCUT2D eigenvalue weighted by Gasteiger charge is 2.20. The summed E-state index contributed by atoms with van der Waals surface area (Å²) in [6, 6.07) is 18.9. The first-order valence-electron chi connectivity index (χ1n) is 60.4. The van der Waals surface area contributed by atoms with E-state index in [1.807, 2.05) is 0 Å². The lowest BCUT2D eigenvalue weighted by molar-refractivity contribution is 0.535. The van der Waals surface area contributed by atoms with E-state index in [0.29, 0.717) is 17.7 Å². The average Bonchev–Trinajstić information content (AvgIpc) is 0.802. The first kappa shape index (κ1) is 126. The Morgan fingerprint density at radius 2 is 0.326 bits per heavy atom. The Kier molecular flexibility index (Phi) is 91.6. The number of rotatable bonds is 107. The summed E-state index contributed by atoms with van der Waals surface area (Å²) in [6.07, 6.45) is 126. The Morgan fingerprint density at radius 3 is 0.489 bits per heavy atom. The lowest BCUT2D eigenvalue weighted by Crippen LogP contribution is -2.06. The van der Waals surface area contributed by atoms with Gasteiger partial charge in [0.1, 0.15) is 0 Å². The zero-order chi connectivity index (χ0) is 95.8. The molecule has 0 aliphatic carbocycles. The van der Waals surface area contributed by atoms with Crippen LogP contribution in [0, 0.1) is 6.92 Å². The number of hydrogen-bond acceptors (Lipinski definition) is 11. The van der Waals surface area contributed by atoms with Crippen molar-refractivity contribution in [1.82, 2.24) is 15.0 Å². The second-order valence-corrected chi connectivity index (χ2v) is 48.6. The summed E-state index contributed by atoms with van der Waals surface area (Å²) in [5, 5.41) is 7.97. The van der Waals surface area contributed by atoms with E-state index >= 15 is 0 Å². The van der Waals surface area contributed by atoms with Crippen molar-refractivity contribution in [2.24, 2.45) is 0 Å². The molecule has 0 spiro atoms. The zero-order valence-electron chi connectivity index (χ0n) is 90.8. The van der Waals surface area contributed by atoms with Crippen molar-refractivity contribution in [2.45, 2.75) is 656 Å². The molecule has 0 saturated heterocycles. The Hall–Kier alpha value is -1.63. The molecule has 0 unspecified atom stereocenters. The maximum atomic E-state index is 5.49. The number of anilines is 4. The van der Waals surface area contributed by atoms with Gasteiger partial charge in [-0.2, -0.15) is 15.0 Å². The van der Waals surface area contributed by atoms with Crippen LogP contribution < -0.4 is 10.6 Å². The molecule has 780 valence electrons. The Labute approximate surface area is 868 Å². The number of hydrogen-bond donors (Lipinski definition) is 2. The number of unbranched alkanes of at least 4 members (excludes halogenated alkanes) is 84. The van der Waals surface area contributed by atoms with Gasteiger partial charge < -0.3 is 10.6 Å². The largest absolute Gasteiger partial charge is 0.324 e. The monoisotopic (exact) mass is 1970 g/mol. The first-order chi connectivity index (χ1) is 66.9. The van der Waals surface area contributed by atoms with E-state index in [9.17, 15) is 0 Å². The summed E-state index contributed by atoms with van der Waals surface area (Å²) in [6.45, 7) is 16.2. The molecule has 0 atom stereocenters. The number of thioether (sulfide) groups is 6. The minimum absolute atomic E-state index is 0.610. The maximum absolute atomic E-state index is 5.49. The van der Waals surface area contributed by atoms with Crippen molar-refractivity contribution in [1.29, 1.82) is 0 Å². The highest BCUT2D eigenvalue weighted by Crippen LogP contribution is 2.46. The van der Waals surface area contributed by atoms with Gasteiger partial charge in [-0.25, -0.2) is 0 Å². The second-order valence-electron chi connectivity index (χ2n) is 41.8. The lowest BCUT2D eigenvalue weighted by atomic mass is 10.0. The minimum Gasteiger partial charge on any atom is -0.324 e. The van der Waals surface area contributed by atoms with Gasteiger partial charge in [0.25, 0.3) is 0 Å². The van der Waals surface area contributed by atoms with Crippen molar-refractivity contribution in [2.75, 3.05) is 45.2 Å². The van der Waals surface area contributed by atoms with E-state index < -0.39 is 0 Å². The molecule has 1 aromatic heterocycles. The number of nitrogens with zero attached hydrogens (tertiary/aromatic N) is 3. The molecule has 0 aliphatic heterocycles. The highest BCUT2D eigenvalue weighted by atomic mass is 32.2. The summed E-state index contributed by atoms with van der Waals surface area (Å²) >= 11 is 12.9. The summed E-state index contributed by atoms with van der Waals surface area (Å²) in [7, 11) is 0. The number of aryl methyl sites for hydroxylation is 1. The molecule has 0 amide bonds. The van der Waals surface area contributed by atoms with Gasteiger partial charge in [-0.05, 0) is 104 Å². The van der Waals surface area contributed by atoms with Crippen LogP contribution in [-0.2, 0) is 0 Å². The van der Waals surface area contributed by atoms with Crippen LogP contribution >= 0.6 is 70.6 Å². The third-order valence-corrected chi connectivity index (χ3v) is 36.0. The fourth-order valence-electron chi connectivity index (χ4n) is 19.5. The van der Waals surface area contributed by atoms with E-state index in [4.69, 9.17) is 15.0 Å². The normalized spacial score (nSPS) is 11.7. The standard InChI is InChI=1S/C124H223N5S6/c1-8-14-20-26-32-38-44-50-56-62-68-74-80-86-92-102-130-116-108-114(109-117(131-103-93-87-81-75-69-63-57-51-45-39-33-27-21-15-9-2)120(116)134-106-96-90-84-78-72-66-60-54-48-42-36-30-24-18-12-5)125-123-127-122(113-100-98-112(7)99-101-113)128-124(129-123)126-115-110-118(132-104-94-88-82-76-70-64-58-52-46-40-34-28-22-16-10-3)121(135-107-97-91-85-79-73-67-61-55-49-43-37-31-25-19-13-6)119(111-115)133-105-95-89-83-77-71-65-59-53-47-41-35-29-23-17-11-4/h98-101,108-111H,8-97,102-107H2,1-7H3,(H2,125,126,127,128,129). The van der Waals surface area contributed by atoms with Gasteiger partial charge in [-0.1, -0.05) is 611 Å². The molecule has 135 heavy (non-hydrogen) atoms. The van der Waals surface area contributed by atoms with E-state index in [-0.39, 0.29) is 0 Å². The van der Waals surface area contributed by atoms with Crippen LogP contribution in [0.25, 0.3) is 11.4 Å². The summed E-state index contributed by atoms with van der Waals surface area (Å²) in [5.74, 6) is 8.93. The molecule has 0 aliphatic rings. The molecule has 0 saturated carbocycles. The molecule has 2 N–H and O–H groups in total. The fourth-order valence-corrected chi connectivity index (χ4v) is 27.0. The molecule has 1 heterocycles. The van der Waals surface area contributed by atoms with E-state index in [0.717, 1.165) is 39.9 Å². The second kappa shape index (κ2) is 98.4. The van der Waals surface area contributed by atoms with E-state index in [1.165, 1.54) is 624 Å². The van der Waals surface area contributed by atoms with Crippen molar-refractivity contribution in [3.05, 3.63) is 54.1 Å². The molecule has 4 rings (SSSR count). The van der Waals surface area contributed by atoms with Gasteiger partial charge in [-0.3, -0.25) is 0 Å². The smallest absolute Gasteiger partial charge is 0.232 e. The quantitative estimate of drug-likeness (QED) is 0.0328. The Bertz CT molecular complexity index is 2850. The van der Waals surface area contributed by atoms with Crippen LogP contribution in [0.15, 0.2) is 77.9 Å². The summed E-state index contributed by atoms with van der Waals surface area (Å²) in [4.78, 5) is 25.2. The number of benzene rings is 3. The first-order valence-corrected chi connectivity index (χ1v) is 66.3. The van der Waals surface area contributed by atoms with Gasteiger partial charge in [0.05, 0.1) is 0 Å². The molecule has 0 bridgehead atoms. The molecule has 0 radical (unpaired) electrons. The topological polar surface area (TPSA) is 62.7 Å². The SMILES string of the molecule is CCCCCCCCCCCCCCCCCSc1cc(Nc2nc(Nc3cc(SCCCCCCCCCCCCCCCCC)c(SCCCCCCCCCCCCCCCCC)c(SCCCCCCCCCCCCCCCCC)c3)nc(-c3ccc(C)cc3)n2)cc(SCCCCCCCCCCCCCCCCC)c1SCCCCCCCCCCCCCCCCC. The van der Waals surface area contributed by atoms with E-state index in [1.54, 1.807) is 0 Å². The van der Waals surface area contributed by atoms with Crippen LogP contribution in [0.1, 0.15) is 625 Å². The van der Waals surface area contributed by atoms with Crippen molar-refractivity contribution in [3.63, 3.8) is 0 Å². The highest BCUT2D eigenvalue weighted by molar-refractivity contribution is 8.04. The van der Waals surface area contributed by atoms with Crippen molar-refractivity contribution >= 4 is 93.8 Å². The van der Waals surface area contributed by atoms with Gasteiger partial charge in [0.2, 0.25) is 11.9 Å². The van der Waals surface area contributed by atoms with Gasteiger partial charge >= 0.3 is 0 Å². The maximum Gasteiger partial charge on any atom is 0.232 e. The summed E-state index contributed by atoms with van der Waals surface area (Å²) < 4.78 is 0. The Balaban J connectivity index is 1.69. The predicted octanol–water partition coefficient (Wildman–Crippen LogP) is 47.1. The Morgan fingerprint density at radius 1 is 0.178 bits per heavy atom. The predicted molar refractivity (Wildman–Crippen MR) is 623 cm³/mol.